The predicted molar refractivity (Wildman–Crippen MR) is 86.5 cm³/mol. The van der Waals surface area contributed by atoms with E-state index in [2.05, 4.69) is 26.2 Å². The molecule has 1 fully saturated rings. The van der Waals surface area contributed by atoms with Crippen molar-refractivity contribution in [2.24, 2.45) is 0 Å². The Hall–Kier alpha value is -1.73. The number of halogens is 1. The zero-order chi connectivity index (χ0) is 15.9. The van der Waals surface area contributed by atoms with Gasteiger partial charge >= 0.3 is 0 Å². The number of rotatable bonds is 3. The van der Waals surface area contributed by atoms with E-state index in [-0.39, 0.29) is 17.6 Å². The molecule has 0 radical (unpaired) electrons. The topological polar surface area (TPSA) is 66.7 Å². The number of nitrogens with one attached hydrogen (secondary N) is 1. The highest BCUT2D eigenvalue weighted by atomic mass is 79.9. The van der Waals surface area contributed by atoms with Gasteiger partial charge in [-0.25, -0.2) is 4.98 Å². The van der Waals surface area contributed by atoms with Gasteiger partial charge in [-0.15, -0.1) is 0 Å². The standard InChI is InChI=1S/C15H17BrN4O2/c1-9-11(8-19(2)12-3-4-14(21)18-12)17-13-7-10(16)5-6-20(13)15(9)22/h5-7,12H,3-4,8H2,1-2H3,(H,18,21). The van der Waals surface area contributed by atoms with Gasteiger partial charge in [0.2, 0.25) is 5.91 Å². The van der Waals surface area contributed by atoms with Crippen LogP contribution in [0.25, 0.3) is 5.65 Å². The van der Waals surface area contributed by atoms with Crippen molar-refractivity contribution in [1.29, 1.82) is 0 Å². The lowest BCUT2D eigenvalue weighted by atomic mass is 10.2. The van der Waals surface area contributed by atoms with Crippen LogP contribution in [-0.4, -0.2) is 33.4 Å². The third kappa shape index (κ3) is 2.78. The van der Waals surface area contributed by atoms with Crippen LogP contribution in [0.3, 0.4) is 0 Å². The third-order valence-electron chi connectivity index (χ3n) is 4.02. The van der Waals surface area contributed by atoms with Gasteiger partial charge in [-0.2, -0.15) is 0 Å². The fourth-order valence-electron chi connectivity index (χ4n) is 2.68. The SMILES string of the molecule is Cc1c(CN(C)C2CCC(=O)N2)nc2cc(Br)ccn2c1=O. The van der Waals surface area contributed by atoms with Crippen molar-refractivity contribution in [3.63, 3.8) is 0 Å². The predicted octanol–water partition coefficient (Wildman–Crippen LogP) is 1.43. The van der Waals surface area contributed by atoms with Gasteiger partial charge in [-0.1, -0.05) is 15.9 Å². The van der Waals surface area contributed by atoms with Gasteiger partial charge in [0.25, 0.3) is 5.56 Å². The number of nitrogens with zero attached hydrogens (tertiary/aromatic N) is 3. The van der Waals surface area contributed by atoms with Crippen LogP contribution in [0, 0.1) is 6.92 Å². The minimum Gasteiger partial charge on any atom is -0.341 e. The molecule has 1 amide bonds. The summed E-state index contributed by atoms with van der Waals surface area (Å²) in [5, 5.41) is 2.92. The highest BCUT2D eigenvalue weighted by Gasteiger charge is 2.25. The first-order chi connectivity index (χ1) is 10.5. The van der Waals surface area contributed by atoms with E-state index >= 15 is 0 Å². The molecule has 0 aromatic carbocycles. The first-order valence-electron chi connectivity index (χ1n) is 7.12. The molecule has 2 aromatic heterocycles. The smallest absolute Gasteiger partial charge is 0.261 e. The largest absolute Gasteiger partial charge is 0.341 e. The molecular formula is C15H17BrN4O2. The molecule has 1 atom stereocenters. The monoisotopic (exact) mass is 364 g/mol. The van der Waals surface area contributed by atoms with Gasteiger partial charge in [0.1, 0.15) is 5.65 Å². The highest BCUT2D eigenvalue weighted by Crippen LogP contribution is 2.15. The first kappa shape index (κ1) is 15.2. The van der Waals surface area contributed by atoms with Crippen LogP contribution in [-0.2, 0) is 11.3 Å². The lowest BCUT2D eigenvalue weighted by molar-refractivity contribution is -0.119. The minimum absolute atomic E-state index is 0.00895. The fourth-order valence-corrected chi connectivity index (χ4v) is 3.00. The van der Waals surface area contributed by atoms with E-state index in [4.69, 9.17) is 0 Å². The molecule has 0 saturated carbocycles. The summed E-state index contributed by atoms with van der Waals surface area (Å²) in [6, 6.07) is 3.64. The van der Waals surface area contributed by atoms with Gasteiger partial charge < -0.3 is 5.32 Å². The summed E-state index contributed by atoms with van der Waals surface area (Å²) < 4.78 is 2.42. The molecule has 22 heavy (non-hydrogen) atoms. The molecule has 1 N–H and O–H groups in total. The Morgan fingerprint density at radius 2 is 2.27 bits per heavy atom. The summed E-state index contributed by atoms with van der Waals surface area (Å²) >= 11 is 3.40. The highest BCUT2D eigenvalue weighted by molar-refractivity contribution is 9.10. The van der Waals surface area contributed by atoms with Crippen LogP contribution in [0.15, 0.2) is 27.6 Å². The number of hydrogen-bond donors (Lipinski definition) is 1. The van der Waals surface area contributed by atoms with Crippen LogP contribution < -0.4 is 10.9 Å². The van der Waals surface area contributed by atoms with Crippen LogP contribution in [0.4, 0.5) is 0 Å². The zero-order valence-corrected chi connectivity index (χ0v) is 14.1. The van der Waals surface area contributed by atoms with Crippen LogP contribution in [0.1, 0.15) is 24.1 Å². The maximum Gasteiger partial charge on any atom is 0.261 e. The Bertz CT molecular complexity index is 802. The molecule has 1 unspecified atom stereocenters. The van der Waals surface area contributed by atoms with Gasteiger partial charge in [0, 0.05) is 29.2 Å². The molecule has 116 valence electrons. The zero-order valence-electron chi connectivity index (χ0n) is 12.5. The maximum absolute atomic E-state index is 12.4. The summed E-state index contributed by atoms with van der Waals surface area (Å²) in [5.41, 5.74) is 1.93. The number of hydrogen-bond acceptors (Lipinski definition) is 4. The molecule has 3 rings (SSSR count). The Morgan fingerprint density at radius 3 is 2.95 bits per heavy atom. The molecule has 0 aliphatic carbocycles. The van der Waals surface area contributed by atoms with E-state index in [1.165, 1.54) is 0 Å². The minimum atomic E-state index is -0.0589. The second-order valence-electron chi connectivity index (χ2n) is 5.60. The van der Waals surface area contributed by atoms with E-state index in [0.717, 1.165) is 16.6 Å². The fraction of sp³-hybridized carbons (Fsp3) is 0.400. The summed E-state index contributed by atoms with van der Waals surface area (Å²) in [5.74, 6) is 0.0732. The summed E-state index contributed by atoms with van der Waals surface area (Å²) in [4.78, 5) is 30.4. The molecule has 7 heteroatoms. The van der Waals surface area contributed by atoms with Gasteiger partial charge in [0.05, 0.1) is 11.9 Å². The number of carbonyl (C=O) groups excluding carboxylic acids is 1. The first-order valence-corrected chi connectivity index (χ1v) is 7.92. The van der Waals surface area contributed by atoms with Gasteiger partial charge in [-0.05, 0) is 32.5 Å². The average molecular weight is 365 g/mol. The molecular weight excluding hydrogens is 348 g/mol. The third-order valence-corrected chi connectivity index (χ3v) is 4.52. The van der Waals surface area contributed by atoms with Crippen LogP contribution in [0.2, 0.25) is 0 Å². The lowest BCUT2D eigenvalue weighted by Gasteiger charge is -2.24. The van der Waals surface area contributed by atoms with Crippen molar-refractivity contribution in [3.8, 4) is 0 Å². The number of fused-ring (bicyclic) bond motifs is 1. The van der Waals surface area contributed by atoms with E-state index in [0.29, 0.717) is 24.2 Å². The van der Waals surface area contributed by atoms with Crippen LogP contribution >= 0.6 is 15.9 Å². The van der Waals surface area contributed by atoms with Gasteiger partial charge in [0.15, 0.2) is 0 Å². The Labute approximate surface area is 136 Å². The normalized spacial score (nSPS) is 18.2. The van der Waals surface area contributed by atoms with E-state index in [9.17, 15) is 9.59 Å². The Morgan fingerprint density at radius 1 is 1.50 bits per heavy atom. The van der Waals surface area contributed by atoms with Crippen molar-refractivity contribution in [1.82, 2.24) is 19.6 Å². The molecule has 0 spiro atoms. The molecule has 1 aliphatic rings. The average Bonchev–Trinajstić information content (AvgIpc) is 2.91. The molecule has 6 nitrogen and oxygen atoms in total. The summed E-state index contributed by atoms with van der Waals surface area (Å²) in [7, 11) is 1.93. The number of pyridine rings is 1. The van der Waals surface area contributed by atoms with Crippen LogP contribution in [0.5, 0.6) is 0 Å². The Balaban J connectivity index is 1.95. The molecule has 0 bridgehead atoms. The maximum atomic E-state index is 12.4. The van der Waals surface area contributed by atoms with E-state index in [1.54, 1.807) is 17.5 Å². The van der Waals surface area contributed by atoms with Crippen molar-refractivity contribution < 1.29 is 4.79 Å². The number of aromatic nitrogens is 2. The van der Waals surface area contributed by atoms with Crippen molar-refractivity contribution >= 4 is 27.5 Å². The Kier molecular flexibility index (Phi) is 4.01. The molecule has 1 saturated heterocycles. The van der Waals surface area contributed by atoms with E-state index < -0.39 is 0 Å². The molecule has 1 aliphatic heterocycles. The van der Waals surface area contributed by atoms with E-state index in [1.807, 2.05) is 24.1 Å². The van der Waals surface area contributed by atoms with Crippen molar-refractivity contribution in [2.45, 2.75) is 32.5 Å². The second-order valence-corrected chi connectivity index (χ2v) is 6.51. The van der Waals surface area contributed by atoms with Gasteiger partial charge in [-0.3, -0.25) is 18.9 Å². The lowest BCUT2D eigenvalue weighted by Crippen LogP contribution is -2.40. The summed E-state index contributed by atoms with van der Waals surface area (Å²) in [6.45, 7) is 2.31. The molecule has 2 aromatic rings. The quantitative estimate of drug-likeness (QED) is 0.894. The number of carbonyl (C=O) groups is 1. The van der Waals surface area contributed by atoms with Crippen molar-refractivity contribution in [3.05, 3.63) is 44.4 Å². The summed E-state index contributed by atoms with van der Waals surface area (Å²) in [6.07, 6.45) is 3.06. The number of amides is 1. The molecule has 3 heterocycles. The second kappa shape index (κ2) is 5.81. The van der Waals surface area contributed by atoms with Crippen molar-refractivity contribution in [2.75, 3.05) is 7.05 Å².